The number of ether oxygens (including phenoxy) is 3. The lowest BCUT2D eigenvalue weighted by Crippen LogP contribution is -2.27. The topological polar surface area (TPSA) is 116 Å². The first kappa shape index (κ1) is 29.2. The van der Waals surface area contributed by atoms with Crippen LogP contribution in [0.1, 0.15) is 63.7 Å². The highest BCUT2D eigenvalue weighted by Crippen LogP contribution is 2.26. The SMILES string of the molecule is CCCCCOC(=O)c1ccc(N2C[C@H](C(=O)OCC(=O)c3ccc(OC(=O)c4ccccc4)cc3)CC2=O)cc1. The van der Waals surface area contributed by atoms with E-state index in [4.69, 9.17) is 14.2 Å². The zero-order valence-corrected chi connectivity index (χ0v) is 22.7. The number of esters is 3. The summed E-state index contributed by atoms with van der Waals surface area (Å²) in [5.74, 6) is -2.72. The molecule has 3 aromatic carbocycles. The predicted molar refractivity (Wildman–Crippen MR) is 150 cm³/mol. The normalized spacial score (nSPS) is 14.4. The molecular formula is C32H31NO8. The summed E-state index contributed by atoms with van der Waals surface area (Å²) in [6.45, 7) is 2.05. The first-order valence-electron chi connectivity index (χ1n) is 13.5. The first-order chi connectivity index (χ1) is 19.9. The number of amides is 1. The molecule has 1 amide bonds. The molecule has 1 aliphatic heterocycles. The molecule has 0 radical (unpaired) electrons. The van der Waals surface area contributed by atoms with E-state index in [2.05, 4.69) is 6.92 Å². The molecule has 0 bridgehead atoms. The van der Waals surface area contributed by atoms with Crippen LogP contribution < -0.4 is 9.64 Å². The Kier molecular flexibility index (Phi) is 9.99. The molecule has 1 heterocycles. The Balaban J connectivity index is 1.25. The molecule has 0 aromatic heterocycles. The Bertz CT molecular complexity index is 1380. The summed E-state index contributed by atoms with van der Waals surface area (Å²) in [5.41, 5.74) is 1.62. The summed E-state index contributed by atoms with van der Waals surface area (Å²) in [5, 5.41) is 0. The van der Waals surface area contributed by atoms with Crippen molar-refractivity contribution in [1.82, 2.24) is 0 Å². The molecule has 0 aliphatic carbocycles. The fraction of sp³-hybridized carbons (Fsp3) is 0.281. The summed E-state index contributed by atoms with van der Waals surface area (Å²) in [4.78, 5) is 63.6. The van der Waals surface area contributed by atoms with E-state index in [1.54, 1.807) is 54.6 Å². The quantitative estimate of drug-likeness (QED) is 0.132. The molecule has 0 N–H and O–H groups in total. The maximum atomic E-state index is 12.6. The van der Waals surface area contributed by atoms with Gasteiger partial charge in [-0.05, 0) is 67.1 Å². The van der Waals surface area contributed by atoms with Gasteiger partial charge in [-0.15, -0.1) is 0 Å². The third-order valence-corrected chi connectivity index (χ3v) is 6.60. The molecule has 41 heavy (non-hydrogen) atoms. The van der Waals surface area contributed by atoms with Gasteiger partial charge in [-0.25, -0.2) is 9.59 Å². The van der Waals surface area contributed by atoms with Crippen LogP contribution >= 0.6 is 0 Å². The molecule has 0 spiro atoms. The highest BCUT2D eigenvalue weighted by atomic mass is 16.5. The van der Waals surface area contributed by atoms with Gasteiger partial charge in [0, 0.05) is 24.2 Å². The minimum Gasteiger partial charge on any atom is -0.462 e. The average molecular weight is 558 g/mol. The van der Waals surface area contributed by atoms with Crippen molar-refractivity contribution < 1.29 is 38.2 Å². The number of Topliss-reactive ketones (excluding diaryl/α,β-unsaturated/α-hetero) is 1. The smallest absolute Gasteiger partial charge is 0.343 e. The van der Waals surface area contributed by atoms with E-state index < -0.39 is 36.2 Å². The minimum absolute atomic E-state index is 0.0459. The van der Waals surface area contributed by atoms with Gasteiger partial charge in [0.05, 0.1) is 23.7 Å². The fourth-order valence-electron chi connectivity index (χ4n) is 4.28. The molecule has 0 saturated carbocycles. The second-order valence-electron chi connectivity index (χ2n) is 9.61. The van der Waals surface area contributed by atoms with E-state index in [0.717, 1.165) is 19.3 Å². The molecule has 1 fully saturated rings. The van der Waals surface area contributed by atoms with Crippen molar-refractivity contribution in [2.75, 3.05) is 24.7 Å². The number of rotatable bonds is 12. The van der Waals surface area contributed by atoms with Crippen molar-refractivity contribution >= 4 is 35.3 Å². The molecular weight excluding hydrogens is 526 g/mol. The lowest BCUT2D eigenvalue weighted by atomic mass is 10.1. The van der Waals surface area contributed by atoms with Crippen LogP contribution in [0.5, 0.6) is 5.75 Å². The fourth-order valence-corrected chi connectivity index (χ4v) is 4.28. The van der Waals surface area contributed by atoms with Crippen LogP contribution in [-0.4, -0.2) is 49.4 Å². The second kappa shape index (κ2) is 14.0. The Labute approximate surface area is 238 Å². The van der Waals surface area contributed by atoms with E-state index >= 15 is 0 Å². The number of anilines is 1. The van der Waals surface area contributed by atoms with Crippen LogP contribution in [0, 0.1) is 5.92 Å². The highest BCUT2D eigenvalue weighted by molar-refractivity contribution is 6.01. The summed E-state index contributed by atoms with van der Waals surface area (Å²) >= 11 is 0. The largest absolute Gasteiger partial charge is 0.462 e. The van der Waals surface area contributed by atoms with Crippen molar-refractivity contribution in [1.29, 1.82) is 0 Å². The second-order valence-corrected chi connectivity index (χ2v) is 9.61. The van der Waals surface area contributed by atoms with Crippen LogP contribution in [-0.2, 0) is 19.1 Å². The zero-order chi connectivity index (χ0) is 29.2. The van der Waals surface area contributed by atoms with Gasteiger partial charge in [0.15, 0.2) is 12.4 Å². The standard InChI is InChI=1S/C32H31NO8/c1-2-3-7-18-39-30(36)24-10-14-26(15-11-24)33-20-25(19-29(33)35)31(37)40-21-28(34)22-12-16-27(17-13-22)41-32(38)23-8-5-4-6-9-23/h4-6,8-17,25H,2-3,7,18-21H2,1H3/t25-/m1/s1. The van der Waals surface area contributed by atoms with Crippen molar-refractivity contribution in [2.45, 2.75) is 32.6 Å². The van der Waals surface area contributed by atoms with E-state index in [1.165, 1.54) is 29.2 Å². The lowest BCUT2D eigenvalue weighted by Gasteiger charge is -2.17. The monoisotopic (exact) mass is 557 g/mol. The molecule has 3 aromatic rings. The van der Waals surface area contributed by atoms with Crippen LogP contribution in [0.4, 0.5) is 5.69 Å². The van der Waals surface area contributed by atoms with Gasteiger partial charge < -0.3 is 19.1 Å². The molecule has 1 atom stereocenters. The first-order valence-corrected chi connectivity index (χ1v) is 13.5. The Morgan fingerprint density at radius 1 is 0.780 bits per heavy atom. The van der Waals surface area contributed by atoms with Gasteiger partial charge in [-0.1, -0.05) is 38.0 Å². The molecule has 4 rings (SSSR count). The summed E-state index contributed by atoms with van der Waals surface area (Å²) in [6, 6.07) is 20.9. The zero-order valence-electron chi connectivity index (χ0n) is 22.7. The van der Waals surface area contributed by atoms with Gasteiger partial charge in [-0.2, -0.15) is 0 Å². The van der Waals surface area contributed by atoms with E-state index in [-0.39, 0.29) is 30.2 Å². The molecule has 9 nitrogen and oxygen atoms in total. The molecule has 1 saturated heterocycles. The maximum Gasteiger partial charge on any atom is 0.343 e. The van der Waals surface area contributed by atoms with Crippen molar-refractivity contribution in [3.63, 3.8) is 0 Å². The number of carbonyl (C=O) groups excluding carboxylic acids is 5. The third kappa shape index (κ3) is 7.88. The summed E-state index contributed by atoms with van der Waals surface area (Å²) in [7, 11) is 0. The lowest BCUT2D eigenvalue weighted by molar-refractivity contribution is -0.147. The van der Waals surface area contributed by atoms with Crippen molar-refractivity contribution in [3.8, 4) is 5.75 Å². The van der Waals surface area contributed by atoms with Gasteiger partial charge >= 0.3 is 17.9 Å². The van der Waals surface area contributed by atoms with Crippen LogP contribution in [0.15, 0.2) is 78.9 Å². The maximum absolute atomic E-state index is 12.6. The Morgan fingerprint density at radius 3 is 2.12 bits per heavy atom. The molecule has 1 aliphatic rings. The predicted octanol–water partition coefficient (Wildman–Crippen LogP) is 5.03. The van der Waals surface area contributed by atoms with Gasteiger partial charge in [0.1, 0.15) is 5.75 Å². The molecule has 212 valence electrons. The molecule has 0 unspecified atom stereocenters. The van der Waals surface area contributed by atoms with E-state index in [1.807, 2.05) is 0 Å². The number of nitrogens with zero attached hydrogens (tertiary/aromatic N) is 1. The number of hydrogen-bond acceptors (Lipinski definition) is 8. The number of hydrogen-bond donors (Lipinski definition) is 0. The number of unbranched alkanes of at least 4 members (excludes halogenated alkanes) is 2. The number of ketones is 1. The molecule has 9 heteroatoms. The Hall–Kier alpha value is -4.79. The van der Waals surface area contributed by atoms with E-state index in [0.29, 0.717) is 23.4 Å². The number of carbonyl (C=O) groups is 5. The van der Waals surface area contributed by atoms with Gasteiger partial charge in [-0.3, -0.25) is 14.4 Å². The van der Waals surface area contributed by atoms with Crippen LogP contribution in [0.3, 0.4) is 0 Å². The van der Waals surface area contributed by atoms with Crippen molar-refractivity contribution in [2.24, 2.45) is 5.92 Å². The summed E-state index contributed by atoms with van der Waals surface area (Å²) in [6.07, 6.45) is 2.78. The van der Waals surface area contributed by atoms with Crippen LogP contribution in [0.25, 0.3) is 0 Å². The highest BCUT2D eigenvalue weighted by Gasteiger charge is 2.36. The minimum atomic E-state index is -0.724. The average Bonchev–Trinajstić information content (AvgIpc) is 3.40. The summed E-state index contributed by atoms with van der Waals surface area (Å²) < 4.78 is 15.8. The van der Waals surface area contributed by atoms with Crippen molar-refractivity contribution in [3.05, 3.63) is 95.6 Å². The van der Waals surface area contributed by atoms with E-state index in [9.17, 15) is 24.0 Å². The van der Waals surface area contributed by atoms with Crippen LogP contribution in [0.2, 0.25) is 0 Å². The van der Waals surface area contributed by atoms with Gasteiger partial charge in [0.25, 0.3) is 0 Å². The Morgan fingerprint density at radius 2 is 1.44 bits per heavy atom. The van der Waals surface area contributed by atoms with Gasteiger partial charge in [0.2, 0.25) is 5.91 Å². The third-order valence-electron chi connectivity index (χ3n) is 6.60. The number of benzene rings is 3.